The number of hydrogen-bond donors (Lipinski definition) is 1. The van der Waals surface area contributed by atoms with E-state index in [1.54, 1.807) is 0 Å². The van der Waals surface area contributed by atoms with Gasteiger partial charge in [-0.3, -0.25) is 4.90 Å². The molecule has 19 heavy (non-hydrogen) atoms. The number of nitrogens with zero attached hydrogens (tertiary/aromatic N) is 3. The van der Waals surface area contributed by atoms with Gasteiger partial charge in [-0.2, -0.15) is 4.98 Å². The fourth-order valence-electron chi connectivity index (χ4n) is 2.06. The van der Waals surface area contributed by atoms with E-state index in [0.29, 0.717) is 24.9 Å². The van der Waals surface area contributed by atoms with E-state index in [2.05, 4.69) is 28.9 Å². The lowest BCUT2D eigenvalue weighted by Crippen LogP contribution is -2.45. The molecule has 0 spiro atoms. The Morgan fingerprint density at radius 2 is 2.26 bits per heavy atom. The average Bonchev–Trinajstić information content (AvgIpc) is 2.76. The molecule has 1 atom stereocenters. The number of hydrogen-bond acceptors (Lipinski definition) is 6. The molecule has 7 heteroatoms. The summed E-state index contributed by atoms with van der Waals surface area (Å²) in [5.41, 5.74) is 5.61. The number of rotatable bonds is 5. The van der Waals surface area contributed by atoms with Crippen molar-refractivity contribution in [1.82, 2.24) is 15.0 Å². The summed E-state index contributed by atoms with van der Waals surface area (Å²) in [6.07, 6.45) is 0.981. The minimum absolute atomic E-state index is 0. The van der Waals surface area contributed by atoms with Gasteiger partial charge in [0.1, 0.15) is 0 Å². The Bertz CT molecular complexity index is 372. The van der Waals surface area contributed by atoms with Gasteiger partial charge < -0.3 is 15.0 Å². The quantitative estimate of drug-likeness (QED) is 0.866. The normalized spacial score (nSPS) is 20.5. The molecule has 2 rings (SSSR count). The van der Waals surface area contributed by atoms with Crippen LogP contribution in [0.4, 0.5) is 0 Å². The molecule has 0 aromatic carbocycles. The third-order valence-electron chi connectivity index (χ3n) is 2.95. The van der Waals surface area contributed by atoms with Gasteiger partial charge in [-0.15, -0.1) is 12.4 Å². The molecule has 0 bridgehead atoms. The zero-order chi connectivity index (χ0) is 13.0. The summed E-state index contributed by atoms with van der Waals surface area (Å²) in [6.45, 7) is 7.96. The first kappa shape index (κ1) is 16.4. The van der Waals surface area contributed by atoms with E-state index < -0.39 is 0 Å². The van der Waals surface area contributed by atoms with Crippen molar-refractivity contribution in [3.8, 4) is 0 Å². The summed E-state index contributed by atoms with van der Waals surface area (Å²) in [4.78, 5) is 6.65. The molecule has 1 aliphatic heterocycles. The molecule has 1 fully saturated rings. The van der Waals surface area contributed by atoms with Crippen LogP contribution in [-0.4, -0.2) is 47.4 Å². The topological polar surface area (TPSA) is 77.4 Å². The van der Waals surface area contributed by atoms with Gasteiger partial charge in [0.25, 0.3) is 0 Å². The maximum absolute atomic E-state index is 5.61. The highest BCUT2D eigenvalue weighted by Crippen LogP contribution is 2.10. The number of nitrogens with two attached hydrogens (primary N) is 1. The number of halogens is 1. The van der Waals surface area contributed by atoms with Crippen LogP contribution in [0.1, 0.15) is 25.6 Å². The largest absolute Gasteiger partial charge is 0.374 e. The molecule has 110 valence electrons. The van der Waals surface area contributed by atoms with Gasteiger partial charge in [0.15, 0.2) is 5.82 Å². The Morgan fingerprint density at radius 3 is 2.95 bits per heavy atom. The predicted molar refractivity (Wildman–Crippen MR) is 74.2 cm³/mol. The van der Waals surface area contributed by atoms with Crippen molar-refractivity contribution in [3.05, 3.63) is 11.7 Å². The summed E-state index contributed by atoms with van der Waals surface area (Å²) in [5.74, 6) is 2.02. The van der Waals surface area contributed by atoms with E-state index in [4.69, 9.17) is 15.0 Å². The van der Waals surface area contributed by atoms with Crippen LogP contribution in [-0.2, 0) is 17.7 Å². The lowest BCUT2D eigenvalue weighted by molar-refractivity contribution is -0.0288. The smallest absolute Gasteiger partial charge is 0.240 e. The Kier molecular flexibility index (Phi) is 6.71. The van der Waals surface area contributed by atoms with Crippen molar-refractivity contribution in [2.45, 2.75) is 32.9 Å². The molecular weight excluding hydrogens is 268 g/mol. The lowest BCUT2D eigenvalue weighted by Gasteiger charge is -2.31. The third kappa shape index (κ3) is 5.06. The van der Waals surface area contributed by atoms with Crippen molar-refractivity contribution < 1.29 is 9.26 Å². The molecular formula is C12H23ClN4O2. The van der Waals surface area contributed by atoms with Crippen LogP contribution in [0.3, 0.4) is 0 Å². The van der Waals surface area contributed by atoms with Crippen molar-refractivity contribution in [2.24, 2.45) is 11.7 Å². The average molecular weight is 291 g/mol. The van der Waals surface area contributed by atoms with Gasteiger partial charge in [0.05, 0.1) is 19.3 Å². The highest BCUT2D eigenvalue weighted by molar-refractivity contribution is 5.85. The summed E-state index contributed by atoms with van der Waals surface area (Å²) < 4.78 is 10.8. The van der Waals surface area contributed by atoms with Crippen LogP contribution >= 0.6 is 12.4 Å². The first-order valence-electron chi connectivity index (χ1n) is 6.53. The van der Waals surface area contributed by atoms with E-state index in [0.717, 1.165) is 31.9 Å². The molecule has 0 saturated carbocycles. The SMILES string of the molecule is CC(C)Cc1noc(CN2CCOC(CN)C2)n1.Cl. The fraction of sp³-hybridized carbons (Fsp3) is 0.833. The number of morpholine rings is 1. The third-order valence-corrected chi connectivity index (χ3v) is 2.95. The monoisotopic (exact) mass is 290 g/mol. The molecule has 1 aromatic rings. The molecule has 1 unspecified atom stereocenters. The Hall–Kier alpha value is -0.690. The van der Waals surface area contributed by atoms with Crippen molar-refractivity contribution in [3.63, 3.8) is 0 Å². The lowest BCUT2D eigenvalue weighted by atomic mass is 10.1. The zero-order valence-electron chi connectivity index (χ0n) is 11.5. The Morgan fingerprint density at radius 1 is 1.47 bits per heavy atom. The standard InChI is InChI=1S/C12H22N4O2.ClH/c1-9(2)5-11-14-12(18-15-11)8-16-3-4-17-10(6-13)7-16;/h9-10H,3-8,13H2,1-2H3;1H. The van der Waals surface area contributed by atoms with E-state index >= 15 is 0 Å². The van der Waals surface area contributed by atoms with Crippen LogP contribution in [0, 0.1) is 5.92 Å². The van der Waals surface area contributed by atoms with Crippen LogP contribution in [0.2, 0.25) is 0 Å². The Balaban J connectivity index is 0.00000180. The second-order valence-electron chi connectivity index (χ2n) is 5.17. The summed E-state index contributed by atoms with van der Waals surface area (Å²) in [5, 5.41) is 3.99. The molecule has 1 aliphatic rings. The van der Waals surface area contributed by atoms with Crippen LogP contribution in [0.5, 0.6) is 0 Å². The van der Waals surface area contributed by atoms with E-state index in [9.17, 15) is 0 Å². The van der Waals surface area contributed by atoms with Gasteiger partial charge in [0, 0.05) is 26.1 Å². The van der Waals surface area contributed by atoms with Gasteiger partial charge in [0.2, 0.25) is 5.89 Å². The summed E-state index contributed by atoms with van der Waals surface area (Å²) in [7, 11) is 0. The first-order chi connectivity index (χ1) is 8.67. The van der Waals surface area contributed by atoms with Crippen LogP contribution in [0.25, 0.3) is 0 Å². The Labute approximate surface area is 120 Å². The van der Waals surface area contributed by atoms with Gasteiger partial charge in [-0.1, -0.05) is 19.0 Å². The first-order valence-corrected chi connectivity index (χ1v) is 6.53. The highest BCUT2D eigenvalue weighted by atomic mass is 35.5. The van der Waals surface area contributed by atoms with Crippen molar-refractivity contribution >= 4 is 12.4 Å². The van der Waals surface area contributed by atoms with Crippen molar-refractivity contribution in [2.75, 3.05) is 26.2 Å². The highest BCUT2D eigenvalue weighted by Gasteiger charge is 2.21. The molecule has 2 heterocycles. The number of ether oxygens (including phenoxy) is 1. The van der Waals surface area contributed by atoms with Crippen molar-refractivity contribution in [1.29, 1.82) is 0 Å². The predicted octanol–water partition coefficient (Wildman–Crippen LogP) is 0.849. The second-order valence-corrected chi connectivity index (χ2v) is 5.17. The maximum atomic E-state index is 5.61. The van der Waals surface area contributed by atoms with Gasteiger partial charge >= 0.3 is 0 Å². The molecule has 0 amide bonds. The molecule has 6 nitrogen and oxygen atoms in total. The van der Waals surface area contributed by atoms with E-state index in [1.807, 2.05) is 0 Å². The number of aromatic nitrogens is 2. The van der Waals surface area contributed by atoms with E-state index in [1.165, 1.54) is 0 Å². The zero-order valence-corrected chi connectivity index (χ0v) is 12.4. The second kappa shape index (κ2) is 7.79. The molecule has 1 aromatic heterocycles. The molecule has 0 aliphatic carbocycles. The summed E-state index contributed by atoms with van der Waals surface area (Å²) in [6, 6.07) is 0. The molecule has 0 radical (unpaired) electrons. The molecule has 2 N–H and O–H groups in total. The molecule has 1 saturated heterocycles. The van der Waals surface area contributed by atoms with Crippen LogP contribution in [0.15, 0.2) is 4.52 Å². The minimum Gasteiger partial charge on any atom is -0.374 e. The minimum atomic E-state index is 0. The maximum Gasteiger partial charge on any atom is 0.240 e. The van der Waals surface area contributed by atoms with Gasteiger partial charge in [-0.05, 0) is 5.92 Å². The van der Waals surface area contributed by atoms with E-state index in [-0.39, 0.29) is 18.5 Å². The van der Waals surface area contributed by atoms with Gasteiger partial charge in [-0.25, -0.2) is 0 Å². The fourth-order valence-corrected chi connectivity index (χ4v) is 2.06. The summed E-state index contributed by atoms with van der Waals surface area (Å²) >= 11 is 0. The van der Waals surface area contributed by atoms with Crippen LogP contribution < -0.4 is 5.73 Å².